The van der Waals surface area contributed by atoms with Crippen molar-refractivity contribution >= 4 is 11.3 Å². The topological polar surface area (TPSA) is 34.2 Å². The Morgan fingerprint density at radius 2 is 2.44 bits per heavy atom. The monoisotopic (exact) mass is 240 g/mol. The number of hydrogen-bond acceptors (Lipinski definition) is 4. The number of nitrogens with one attached hydrogen (secondary N) is 1. The van der Waals surface area contributed by atoms with Crippen LogP contribution in [-0.2, 0) is 11.2 Å². The zero-order valence-corrected chi connectivity index (χ0v) is 11.0. The predicted molar refractivity (Wildman–Crippen MR) is 67.0 cm³/mol. The van der Waals surface area contributed by atoms with Crippen LogP contribution >= 0.6 is 11.3 Å². The first-order valence-corrected chi connectivity index (χ1v) is 6.80. The van der Waals surface area contributed by atoms with Crippen LogP contribution in [0, 0.1) is 6.92 Å². The average molecular weight is 240 g/mol. The fourth-order valence-corrected chi connectivity index (χ4v) is 3.07. The van der Waals surface area contributed by atoms with Crippen LogP contribution in [0.25, 0.3) is 0 Å². The van der Waals surface area contributed by atoms with Gasteiger partial charge < -0.3 is 10.1 Å². The first-order valence-electron chi connectivity index (χ1n) is 5.92. The maximum absolute atomic E-state index is 5.91. The maximum Gasteiger partial charge on any atom is 0.0944 e. The third-order valence-electron chi connectivity index (χ3n) is 3.15. The minimum Gasteiger partial charge on any atom is -0.374 e. The molecule has 1 aliphatic rings. The Morgan fingerprint density at radius 3 is 2.94 bits per heavy atom. The second-order valence-electron chi connectivity index (χ2n) is 4.54. The molecule has 4 heteroatoms. The molecule has 0 saturated carbocycles. The normalized spacial score (nSPS) is 27.2. The van der Waals surface area contributed by atoms with Gasteiger partial charge >= 0.3 is 0 Å². The Bertz CT molecular complexity index is 340. The summed E-state index contributed by atoms with van der Waals surface area (Å²) in [4.78, 5) is 4.51. The van der Waals surface area contributed by atoms with Gasteiger partial charge in [0, 0.05) is 23.5 Å². The third-order valence-corrected chi connectivity index (χ3v) is 4.13. The number of aromatic nitrogens is 1. The molecule has 0 aromatic carbocycles. The van der Waals surface area contributed by atoms with Gasteiger partial charge in [-0.25, -0.2) is 4.98 Å². The first kappa shape index (κ1) is 12.0. The van der Waals surface area contributed by atoms with Gasteiger partial charge in [-0.15, -0.1) is 11.3 Å². The smallest absolute Gasteiger partial charge is 0.0944 e. The summed E-state index contributed by atoms with van der Waals surface area (Å²) in [5.74, 6) is 0. The molecule has 0 amide bonds. The highest BCUT2D eigenvalue weighted by atomic mass is 32.1. The molecule has 3 nitrogen and oxygen atoms in total. The zero-order chi connectivity index (χ0) is 11.5. The molecule has 1 aromatic rings. The van der Waals surface area contributed by atoms with Crippen LogP contribution < -0.4 is 5.32 Å². The Hall–Kier alpha value is -0.450. The molecule has 1 N–H and O–H groups in total. The molecule has 3 unspecified atom stereocenters. The Morgan fingerprint density at radius 1 is 1.62 bits per heavy atom. The van der Waals surface area contributed by atoms with Crippen molar-refractivity contribution in [3.05, 3.63) is 16.1 Å². The summed E-state index contributed by atoms with van der Waals surface area (Å²) in [6.07, 6.45) is 4.09. The van der Waals surface area contributed by atoms with Crippen molar-refractivity contribution in [3.63, 3.8) is 0 Å². The van der Waals surface area contributed by atoms with Crippen molar-refractivity contribution in [3.8, 4) is 0 Å². The molecular weight excluding hydrogens is 220 g/mol. The third kappa shape index (κ3) is 2.81. The van der Waals surface area contributed by atoms with Crippen molar-refractivity contribution in [2.75, 3.05) is 7.05 Å². The highest BCUT2D eigenvalue weighted by Crippen LogP contribution is 2.24. The van der Waals surface area contributed by atoms with E-state index in [2.05, 4.69) is 22.6 Å². The highest BCUT2D eigenvalue weighted by Gasteiger charge is 2.29. The van der Waals surface area contributed by atoms with E-state index in [-0.39, 0.29) is 0 Å². The van der Waals surface area contributed by atoms with Gasteiger partial charge in [0.2, 0.25) is 0 Å². The number of hydrogen-bond donors (Lipinski definition) is 1. The fraction of sp³-hybridized carbons (Fsp3) is 0.750. The van der Waals surface area contributed by atoms with E-state index in [9.17, 15) is 0 Å². The quantitative estimate of drug-likeness (QED) is 0.875. The zero-order valence-electron chi connectivity index (χ0n) is 10.2. The van der Waals surface area contributed by atoms with Crippen molar-refractivity contribution in [2.24, 2.45) is 0 Å². The van der Waals surface area contributed by atoms with Crippen LogP contribution in [0.2, 0.25) is 0 Å². The molecule has 3 atom stereocenters. The van der Waals surface area contributed by atoms with Crippen LogP contribution in [0.3, 0.4) is 0 Å². The summed E-state index contributed by atoms with van der Waals surface area (Å²) >= 11 is 1.75. The first-order chi connectivity index (χ1) is 7.69. The lowest BCUT2D eigenvalue weighted by Gasteiger charge is -2.22. The molecule has 2 heterocycles. The number of aryl methyl sites for hydroxylation is 1. The lowest BCUT2D eigenvalue weighted by Crippen LogP contribution is -2.39. The van der Waals surface area contributed by atoms with E-state index < -0.39 is 0 Å². The lowest BCUT2D eigenvalue weighted by atomic mass is 10.0. The summed E-state index contributed by atoms with van der Waals surface area (Å²) in [5, 5.41) is 6.68. The van der Waals surface area contributed by atoms with Gasteiger partial charge in [0.1, 0.15) is 0 Å². The van der Waals surface area contributed by atoms with Gasteiger partial charge in [-0.05, 0) is 33.7 Å². The minimum absolute atomic E-state index is 0.351. The SMILES string of the molecule is CNC(Cc1nc(C)cs1)C1CCC(C)O1. The van der Waals surface area contributed by atoms with E-state index in [0.717, 1.165) is 18.5 Å². The maximum atomic E-state index is 5.91. The largest absolute Gasteiger partial charge is 0.374 e. The van der Waals surface area contributed by atoms with E-state index in [1.165, 1.54) is 11.4 Å². The molecule has 0 radical (unpaired) electrons. The van der Waals surface area contributed by atoms with Gasteiger partial charge in [-0.3, -0.25) is 0 Å². The standard InChI is InChI=1S/C12H20N2OS/c1-8-7-16-12(14-8)6-10(13-3)11-5-4-9(2)15-11/h7,9-11,13H,4-6H2,1-3H3. The molecule has 2 rings (SSSR count). The number of thiazole rings is 1. The van der Waals surface area contributed by atoms with Gasteiger partial charge in [-0.2, -0.15) is 0 Å². The Kier molecular flexibility index (Phi) is 3.95. The minimum atomic E-state index is 0.351. The molecule has 0 bridgehead atoms. The summed E-state index contributed by atoms with van der Waals surface area (Å²) in [6, 6.07) is 0.399. The van der Waals surface area contributed by atoms with Crippen LogP contribution in [0.4, 0.5) is 0 Å². The molecule has 1 fully saturated rings. The summed E-state index contributed by atoms with van der Waals surface area (Å²) in [7, 11) is 2.01. The van der Waals surface area contributed by atoms with Crippen LogP contribution in [0.15, 0.2) is 5.38 Å². The second-order valence-corrected chi connectivity index (χ2v) is 5.49. The predicted octanol–water partition coefficient (Wildman–Crippen LogP) is 2.15. The molecule has 1 aromatic heterocycles. The Labute approximate surface area is 101 Å². The van der Waals surface area contributed by atoms with E-state index in [1.54, 1.807) is 11.3 Å². The summed E-state index contributed by atoms with van der Waals surface area (Å²) in [6.45, 7) is 4.20. The molecule has 1 saturated heterocycles. The van der Waals surface area contributed by atoms with Gasteiger partial charge in [-0.1, -0.05) is 0 Å². The number of rotatable bonds is 4. The molecule has 16 heavy (non-hydrogen) atoms. The van der Waals surface area contributed by atoms with Crippen molar-refractivity contribution < 1.29 is 4.74 Å². The van der Waals surface area contributed by atoms with Gasteiger partial charge in [0.05, 0.1) is 17.2 Å². The van der Waals surface area contributed by atoms with Crippen molar-refractivity contribution in [2.45, 2.75) is 51.4 Å². The highest BCUT2D eigenvalue weighted by molar-refractivity contribution is 7.09. The second kappa shape index (κ2) is 5.25. The van der Waals surface area contributed by atoms with E-state index in [0.29, 0.717) is 18.2 Å². The summed E-state index contributed by atoms with van der Waals surface area (Å²) < 4.78 is 5.91. The van der Waals surface area contributed by atoms with E-state index in [1.807, 2.05) is 14.0 Å². The molecule has 90 valence electrons. The lowest BCUT2D eigenvalue weighted by molar-refractivity contribution is 0.0337. The number of ether oxygens (including phenoxy) is 1. The Balaban J connectivity index is 1.95. The van der Waals surface area contributed by atoms with Crippen LogP contribution in [-0.4, -0.2) is 30.3 Å². The van der Waals surface area contributed by atoms with Crippen molar-refractivity contribution in [1.29, 1.82) is 0 Å². The van der Waals surface area contributed by atoms with Crippen LogP contribution in [0.1, 0.15) is 30.5 Å². The summed E-state index contributed by atoms with van der Waals surface area (Å²) in [5.41, 5.74) is 1.12. The van der Waals surface area contributed by atoms with E-state index >= 15 is 0 Å². The number of nitrogens with zero attached hydrogens (tertiary/aromatic N) is 1. The fourth-order valence-electron chi connectivity index (χ4n) is 2.23. The van der Waals surface area contributed by atoms with Crippen LogP contribution in [0.5, 0.6) is 0 Å². The molecule has 1 aliphatic heterocycles. The average Bonchev–Trinajstić information content (AvgIpc) is 2.84. The molecule has 0 aliphatic carbocycles. The van der Waals surface area contributed by atoms with Gasteiger partial charge in [0.15, 0.2) is 0 Å². The molecule has 0 spiro atoms. The van der Waals surface area contributed by atoms with E-state index in [4.69, 9.17) is 4.74 Å². The number of likely N-dealkylation sites (N-methyl/N-ethyl adjacent to an activating group) is 1. The van der Waals surface area contributed by atoms with Gasteiger partial charge in [0.25, 0.3) is 0 Å². The molecular formula is C12H20N2OS. The van der Waals surface area contributed by atoms with Crippen molar-refractivity contribution in [1.82, 2.24) is 10.3 Å².